The predicted molar refractivity (Wildman–Crippen MR) is 124 cm³/mol. The highest BCUT2D eigenvalue weighted by Gasteiger charge is 2.24. The third-order valence-corrected chi connectivity index (χ3v) is 6.54. The van der Waals surface area contributed by atoms with E-state index < -0.39 is 10.1 Å². The summed E-state index contributed by atoms with van der Waals surface area (Å²) < 4.78 is 34.9. The van der Waals surface area contributed by atoms with E-state index in [-0.39, 0.29) is 16.6 Å². The van der Waals surface area contributed by atoms with Gasteiger partial charge in [-0.15, -0.1) is 0 Å². The first-order chi connectivity index (χ1) is 15.4. The number of amides is 1. The summed E-state index contributed by atoms with van der Waals surface area (Å²) in [6, 6.07) is 21.5. The molecule has 1 heterocycles. The number of hydrogen-bond acceptors (Lipinski definition) is 7. The van der Waals surface area contributed by atoms with Gasteiger partial charge >= 0.3 is 10.1 Å². The van der Waals surface area contributed by atoms with Crippen molar-refractivity contribution < 1.29 is 22.1 Å². The molecular weight excluding hydrogens is 448 g/mol. The third-order valence-electron chi connectivity index (χ3n) is 4.37. The van der Waals surface area contributed by atoms with Crippen LogP contribution in [0.15, 0.2) is 93.7 Å². The van der Waals surface area contributed by atoms with Crippen molar-refractivity contribution in [3.8, 4) is 11.5 Å². The highest BCUT2D eigenvalue weighted by Crippen LogP contribution is 2.29. The van der Waals surface area contributed by atoms with E-state index in [0.717, 1.165) is 11.3 Å². The molecule has 1 fully saturated rings. The smallest absolute Gasteiger partial charge is 0.339 e. The number of benzene rings is 3. The summed E-state index contributed by atoms with van der Waals surface area (Å²) >= 11 is 1.22. The fourth-order valence-electron chi connectivity index (χ4n) is 2.79. The molecule has 162 valence electrons. The maximum Gasteiger partial charge on any atom is 0.339 e. The largest absolute Gasteiger partial charge is 0.497 e. The summed E-state index contributed by atoms with van der Waals surface area (Å²) in [4.78, 5) is 17.3. The third kappa shape index (κ3) is 5.19. The molecule has 32 heavy (non-hydrogen) atoms. The average Bonchev–Trinajstić information content (AvgIpc) is 3.14. The number of nitrogens with one attached hydrogen (secondary N) is 1. The summed E-state index contributed by atoms with van der Waals surface area (Å²) in [5.41, 5.74) is 1.41. The summed E-state index contributed by atoms with van der Waals surface area (Å²) in [6.07, 6.45) is 1.70. The molecule has 1 aliphatic rings. The highest BCUT2D eigenvalue weighted by atomic mass is 32.2. The van der Waals surface area contributed by atoms with Crippen molar-refractivity contribution in [3.63, 3.8) is 0 Å². The number of methoxy groups -OCH3 is 1. The van der Waals surface area contributed by atoms with Gasteiger partial charge in [0.1, 0.15) is 16.4 Å². The predicted octanol–water partition coefficient (Wildman–Crippen LogP) is 4.35. The normalized spacial score (nSPS) is 16.2. The van der Waals surface area contributed by atoms with Gasteiger partial charge in [0.25, 0.3) is 5.91 Å². The van der Waals surface area contributed by atoms with Crippen LogP contribution in [0.25, 0.3) is 6.08 Å². The van der Waals surface area contributed by atoms with Crippen LogP contribution in [-0.4, -0.2) is 26.6 Å². The molecule has 9 heteroatoms. The minimum atomic E-state index is -3.91. The first-order valence-corrected chi connectivity index (χ1v) is 11.7. The molecule has 1 saturated heterocycles. The molecule has 0 aliphatic carbocycles. The van der Waals surface area contributed by atoms with E-state index in [1.54, 1.807) is 67.8 Å². The topological polar surface area (TPSA) is 94.1 Å². The van der Waals surface area contributed by atoms with Crippen LogP contribution >= 0.6 is 11.8 Å². The zero-order chi connectivity index (χ0) is 22.6. The summed E-state index contributed by atoms with van der Waals surface area (Å²) in [6.45, 7) is 0. The lowest BCUT2D eigenvalue weighted by molar-refractivity contribution is -0.115. The molecule has 7 nitrogen and oxygen atoms in total. The van der Waals surface area contributed by atoms with Crippen molar-refractivity contribution in [3.05, 3.63) is 89.3 Å². The Kier molecular flexibility index (Phi) is 6.29. The number of rotatable bonds is 6. The van der Waals surface area contributed by atoms with Crippen molar-refractivity contribution in [1.29, 1.82) is 0 Å². The number of thioether (sulfide) groups is 1. The number of aliphatic imine (C=N–C) groups is 1. The van der Waals surface area contributed by atoms with Crippen molar-refractivity contribution in [2.75, 3.05) is 7.11 Å². The Morgan fingerprint density at radius 1 is 0.906 bits per heavy atom. The summed E-state index contributed by atoms with van der Waals surface area (Å²) in [5.74, 6) is 0.650. The number of carbonyl (C=O) groups is 1. The van der Waals surface area contributed by atoms with E-state index in [1.807, 2.05) is 0 Å². The van der Waals surface area contributed by atoms with Crippen molar-refractivity contribution in [2.24, 2.45) is 4.99 Å². The van der Waals surface area contributed by atoms with Crippen LogP contribution in [0.4, 0.5) is 5.69 Å². The lowest BCUT2D eigenvalue weighted by Crippen LogP contribution is -2.19. The molecule has 1 aliphatic heterocycles. The van der Waals surface area contributed by atoms with Crippen LogP contribution in [0.3, 0.4) is 0 Å². The van der Waals surface area contributed by atoms with E-state index >= 15 is 0 Å². The zero-order valence-corrected chi connectivity index (χ0v) is 18.5. The van der Waals surface area contributed by atoms with Gasteiger partial charge < -0.3 is 14.2 Å². The quantitative estimate of drug-likeness (QED) is 0.429. The van der Waals surface area contributed by atoms with Gasteiger partial charge in [0.15, 0.2) is 5.17 Å². The standard InChI is InChI=1S/C23H18N2O5S2/c1-29-18-13-9-17(10-14-18)24-23-25-22(26)21(31-23)15-16-7-11-19(12-8-16)30-32(27,28)20-5-3-2-4-6-20/h2-15H,1H3,(H,24,25,26)/b21-15-. The number of amidine groups is 1. The van der Waals surface area contributed by atoms with Gasteiger partial charge in [-0.1, -0.05) is 30.3 Å². The van der Waals surface area contributed by atoms with Gasteiger partial charge in [-0.3, -0.25) is 4.79 Å². The number of ether oxygens (including phenoxy) is 1. The van der Waals surface area contributed by atoms with E-state index in [0.29, 0.717) is 15.8 Å². The first kappa shape index (κ1) is 21.7. The second-order valence-corrected chi connectivity index (χ2v) is 9.18. The Morgan fingerprint density at radius 2 is 1.56 bits per heavy atom. The molecule has 0 atom stereocenters. The second kappa shape index (κ2) is 9.29. The van der Waals surface area contributed by atoms with Gasteiger partial charge in [0.05, 0.1) is 17.7 Å². The lowest BCUT2D eigenvalue weighted by Gasteiger charge is -2.07. The van der Waals surface area contributed by atoms with Gasteiger partial charge in [0, 0.05) is 0 Å². The monoisotopic (exact) mass is 466 g/mol. The molecule has 0 radical (unpaired) electrons. The first-order valence-electron chi connectivity index (χ1n) is 9.46. The SMILES string of the molecule is COc1ccc(N=C2NC(=O)/C(=C/c3ccc(OS(=O)(=O)c4ccccc4)cc3)S2)cc1. The minimum Gasteiger partial charge on any atom is -0.497 e. The van der Waals surface area contributed by atoms with Gasteiger partial charge in [-0.25, -0.2) is 4.99 Å². The van der Waals surface area contributed by atoms with Gasteiger partial charge in [-0.05, 0) is 71.9 Å². The molecule has 0 bridgehead atoms. The Morgan fingerprint density at radius 3 is 2.22 bits per heavy atom. The molecule has 4 rings (SSSR count). The number of carbonyl (C=O) groups excluding carboxylic acids is 1. The molecule has 3 aromatic rings. The Hall–Kier alpha value is -3.56. The van der Waals surface area contributed by atoms with Gasteiger partial charge in [0.2, 0.25) is 0 Å². The van der Waals surface area contributed by atoms with Crippen LogP contribution in [-0.2, 0) is 14.9 Å². The molecule has 1 amide bonds. The summed E-state index contributed by atoms with van der Waals surface area (Å²) in [5, 5.41) is 3.20. The Bertz CT molecular complexity index is 1280. The maximum absolute atomic E-state index is 12.3. The van der Waals surface area contributed by atoms with E-state index in [2.05, 4.69) is 10.3 Å². The highest BCUT2D eigenvalue weighted by molar-refractivity contribution is 8.18. The average molecular weight is 467 g/mol. The lowest BCUT2D eigenvalue weighted by atomic mass is 10.2. The molecule has 0 unspecified atom stereocenters. The summed E-state index contributed by atoms with van der Waals surface area (Å²) in [7, 11) is -2.32. The molecule has 3 aromatic carbocycles. The van der Waals surface area contributed by atoms with Crippen LogP contribution in [0.1, 0.15) is 5.56 Å². The van der Waals surface area contributed by atoms with E-state index in [1.165, 1.54) is 36.0 Å². The fourth-order valence-corrected chi connectivity index (χ4v) is 4.58. The van der Waals surface area contributed by atoms with Crippen molar-refractivity contribution in [1.82, 2.24) is 5.32 Å². The fraction of sp³-hybridized carbons (Fsp3) is 0.0435. The zero-order valence-electron chi connectivity index (χ0n) is 16.9. The second-order valence-electron chi connectivity index (χ2n) is 6.60. The van der Waals surface area contributed by atoms with Gasteiger partial charge in [-0.2, -0.15) is 8.42 Å². The van der Waals surface area contributed by atoms with Crippen LogP contribution < -0.4 is 14.2 Å². The maximum atomic E-state index is 12.3. The minimum absolute atomic E-state index is 0.0777. The number of nitrogens with zero attached hydrogens (tertiary/aromatic N) is 1. The Labute approximate surface area is 189 Å². The van der Waals surface area contributed by atoms with Crippen LogP contribution in [0, 0.1) is 0 Å². The molecule has 0 aromatic heterocycles. The van der Waals surface area contributed by atoms with E-state index in [9.17, 15) is 13.2 Å². The molecule has 0 saturated carbocycles. The number of hydrogen-bond donors (Lipinski definition) is 1. The molecular formula is C23H18N2O5S2. The molecule has 1 N–H and O–H groups in total. The molecule has 0 spiro atoms. The van der Waals surface area contributed by atoms with E-state index in [4.69, 9.17) is 8.92 Å². The van der Waals surface area contributed by atoms with Crippen molar-refractivity contribution in [2.45, 2.75) is 4.90 Å². The van der Waals surface area contributed by atoms with Crippen molar-refractivity contribution >= 4 is 44.7 Å². The van der Waals surface area contributed by atoms with Crippen LogP contribution in [0.5, 0.6) is 11.5 Å². The Balaban J connectivity index is 1.46. The van der Waals surface area contributed by atoms with Crippen LogP contribution in [0.2, 0.25) is 0 Å².